The molecule has 5 heteroatoms. The summed E-state index contributed by atoms with van der Waals surface area (Å²) in [6.07, 6.45) is 1.12. The molecule has 11 heavy (non-hydrogen) atoms. The van der Waals surface area contributed by atoms with E-state index in [2.05, 4.69) is 0 Å². The highest BCUT2D eigenvalue weighted by Crippen LogP contribution is 1.87. The lowest BCUT2D eigenvalue weighted by molar-refractivity contribution is -0.131. The van der Waals surface area contributed by atoms with Gasteiger partial charge in [-0.25, -0.2) is 4.79 Å². The van der Waals surface area contributed by atoms with Gasteiger partial charge in [-0.1, -0.05) is 5.70 Å². The van der Waals surface area contributed by atoms with Crippen LogP contribution >= 0.6 is 0 Å². The minimum Gasteiger partial charge on any atom is -0.478 e. The first-order valence-electron chi connectivity index (χ1n) is 3.15. The van der Waals surface area contributed by atoms with Gasteiger partial charge in [-0.2, -0.15) is 0 Å². The third kappa shape index (κ3) is 5.77. The number of methoxy groups -OCH3 is 2. The second-order valence-electron chi connectivity index (χ2n) is 1.88. The summed E-state index contributed by atoms with van der Waals surface area (Å²) >= 11 is 0. The van der Waals surface area contributed by atoms with Gasteiger partial charge in [-0.15, -0.1) is 0 Å². The second kappa shape index (κ2) is 6.08. The molecule has 0 saturated carbocycles. The highest BCUT2D eigenvalue weighted by Gasteiger charge is 2.01. The van der Waals surface area contributed by atoms with Gasteiger partial charge >= 0.3 is 5.97 Å². The Bertz CT molecular complexity index is 142. The van der Waals surface area contributed by atoms with Gasteiger partial charge in [0.1, 0.15) is 15.4 Å². The molecule has 0 aromatic carbocycles. The molecule has 0 fully saturated rings. The van der Waals surface area contributed by atoms with Crippen LogP contribution in [0.5, 0.6) is 0 Å². The Morgan fingerprint density at radius 2 is 2.09 bits per heavy atom. The monoisotopic (exact) mass is 176 g/mol. The summed E-state index contributed by atoms with van der Waals surface area (Å²) in [7, 11) is 2.35. The summed E-state index contributed by atoms with van der Waals surface area (Å²) in [4.78, 5) is 10.0. The first-order valence-corrected chi connectivity index (χ1v) is 4.79. The lowest BCUT2D eigenvalue weighted by Gasteiger charge is -2.08. The summed E-state index contributed by atoms with van der Waals surface area (Å²) < 4.78 is 9.75. The number of carbonyl (C=O) groups is 1. The molecule has 0 atom stereocenters. The Morgan fingerprint density at radius 1 is 1.55 bits per heavy atom. The third-order valence-corrected chi connectivity index (χ3v) is 2.67. The molecule has 64 valence electrons. The highest BCUT2D eigenvalue weighted by molar-refractivity contribution is 6.43. The number of ether oxygens (including phenoxy) is 2. The van der Waals surface area contributed by atoms with E-state index in [0.29, 0.717) is 0 Å². The first kappa shape index (κ1) is 10.3. The van der Waals surface area contributed by atoms with Crippen molar-refractivity contribution < 1.29 is 19.4 Å². The fourth-order valence-electron chi connectivity index (χ4n) is 0.569. The van der Waals surface area contributed by atoms with Crippen molar-refractivity contribution >= 4 is 15.5 Å². The Morgan fingerprint density at radius 3 is 2.45 bits per heavy atom. The van der Waals surface area contributed by atoms with Gasteiger partial charge in [0.25, 0.3) is 0 Å². The number of carboxylic acids is 1. The van der Waals surface area contributed by atoms with Gasteiger partial charge < -0.3 is 14.6 Å². The second-order valence-corrected chi connectivity index (χ2v) is 3.49. The summed E-state index contributed by atoms with van der Waals surface area (Å²) in [6.45, 7) is 0. The Labute approximate surface area is 67.6 Å². The Hall–Kier alpha value is -0.653. The normalized spacial score (nSPS) is 12.3. The van der Waals surface area contributed by atoms with Crippen LogP contribution in [0.3, 0.4) is 0 Å². The quantitative estimate of drug-likeness (QED) is 0.343. The van der Waals surface area contributed by atoms with Gasteiger partial charge in [0.2, 0.25) is 0 Å². The van der Waals surface area contributed by atoms with Crippen LogP contribution in [0.4, 0.5) is 0 Å². The molecule has 0 aliphatic rings. The average molecular weight is 176 g/mol. The van der Waals surface area contributed by atoms with Crippen LogP contribution in [-0.2, 0) is 14.3 Å². The molecular formula is C6H12O4Si. The van der Waals surface area contributed by atoms with Crippen molar-refractivity contribution in [2.75, 3.05) is 14.2 Å². The maximum absolute atomic E-state index is 10.0. The minimum absolute atomic E-state index is 0.217. The van der Waals surface area contributed by atoms with Gasteiger partial charge in [-0.05, 0) is 0 Å². The number of carboxylic acid groups (broad SMARTS) is 1. The molecule has 0 heterocycles. The van der Waals surface area contributed by atoms with Crippen LogP contribution in [0.25, 0.3) is 0 Å². The molecule has 0 aromatic heterocycles. The van der Waals surface area contributed by atoms with E-state index in [4.69, 9.17) is 14.6 Å². The third-order valence-electron chi connectivity index (χ3n) is 1.11. The molecule has 0 bridgehead atoms. The maximum Gasteiger partial charge on any atom is 0.327 e. The lowest BCUT2D eigenvalue weighted by Crippen LogP contribution is -2.19. The zero-order valence-corrected chi connectivity index (χ0v) is 8.03. The van der Waals surface area contributed by atoms with Crippen LogP contribution in [0, 0.1) is 0 Å². The maximum atomic E-state index is 10.0. The summed E-state index contributed by atoms with van der Waals surface area (Å²) in [5, 5.41) is 8.23. The molecule has 0 unspecified atom stereocenters. The van der Waals surface area contributed by atoms with E-state index >= 15 is 0 Å². The van der Waals surface area contributed by atoms with E-state index in [1.165, 1.54) is 14.2 Å². The van der Waals surface area contributed by atoms with Crippen molar-refractivity contribution in [3.05, 3.63) is 11.8 Å². The van der Waals surface area contributed by atoms with Crippen molar-refractivity contribution in [1.29, 1.82) is 0 Å². The van der Waals surface area contributed by atoms with Crippen LogP contribution in [0.1, 0.15) is 0 Å². The lowest BCUT2D eigenvalue weighted by atomic mass is 10.7. The smallest absolute Gasteiger partial charge is 0.327 e. The largest absolute Gasteiger partial charge is 0.478 e. The van der Waals surface area contributed by atoms with E-state index < -0.39 is 15.5 Å². The molecule has 4 nitrogen and oxygen atoms in total. The molecule has 0 aliphatic heterocycles. The molecule has 0 rings (SSSR count). The molecule has 0 aromatic rings. The number of aliphatic carboxylic acids is 1. The van der Waals surface area contributed by atoms with Gasteiger partial charge in [0.05, 0.1) is 0 Å². The molecule has 0 radical (unpaired) electrons. The Kier molecular flexibility index (Phi) is 5.72. The van der Waals surface area contributed by atoms with E-state index in [1.54, 1.807) is 5.70 Å². The van der Waals surface area contributed by atoms with Crippen LogP contribution in [-0.4, -0.2) is 40.7 Å². The average Bonchev–Trinajstić information content (AvgIpc) is 1.98. The van der Waals surface area contributed by atoms with E-state index in [9.17, 15) is 4.79 Å². The van der Waals surface area contributed by atoms with Gasteiger partial charge in [0, 0.05) is 20.3 Å². The predicted molar refractivity (Wildman–Crippen MR) is 43.1 cm³/mol. The molecular weight excluding hydrogens is 164 g/mol. The summed E-state index contributed by atoms with van der Waals surface area (Å²) in [6, 6.07) is 0. The van der Waals surface area contributed by atoms with Gasteiger partial charge in [-0.3, -0.25) is 0 Å². The fraction of sp³-hybridized carbons (Fsp3) is 0.500. The van der Waals surface area contributed by atoms with Crippen molar-refractivity contribution in [3.63, 3.8) is 0 Å². The van der Waals surface area contributed by atoms with Crippen molar-refractivity contribution in [1.82, 2.24) is 0 Å². The minimum atomic E-state index is -0.927. The fourth-order valence-corrected chi connectivity index (χ4v) is 1.51. The summed E-state index contributed by atoms with van der Waals surface area (Å²) in [5.74, 6) is -1.14. The topological polar surface area (TPSA) is 55.8 Å². The molecule has 1 N–H and O–H groups in total. The van der Waals surface area contributed by atoms with Crippen LogP contribution < -0.4 is 0 Å². The zero-order chi connectivity index (χ0) is 8.69. The highest BCUT2D eigenvalue weighted by atomic mass is 28.2. The SMILES string of the molecule is COC(OC)[SiH2]C=CC(=O)O. The number of hydrogen-bond donors (Lipinski definition) is 1. The van der Waals surface area contributed by atoms with E-state index in [-0.39, 0.29) is 5.91 Å². The van der Waals surface area contributed by atoms with Crippen molar-refractivity contribution in [2.45, 2.75) is 5.91 Å². The molecule has 0 amide bonds. The van der Waals surface area contributed by atoms with Crippen LogP contribution in [0.2, 0.25) is 0 Å². The molecule has 0 aliphatic carbocycles. The Balaban J connectivity index is 3.57. The standard InChI is InChI=1S/C6H12O4Si/c1-9-6(10-2)11-4-3-5(7)8/h3-4,6H,11H2,1-2H3,(H,7,8). The first-order chi connectivity index (χ1) is 5.20. The number of hydrogen-bond acceptors (Lipinski definition) is 3. The predicted octanol–water partition coefficient (Wildman–Crippen LogP) is -0.670. The van der Waals surface area contributed by atoms with Crippen LogP contribution in [0.15, 0.2) is 11.8 Å². The zero-order valence-electron chi connectivity index (χ0n) is 6.61. The van der Waals surface area contributed by atoms with Gasteiger partial charge in [0.15, 0.2) is 0 Å². The molecule has 0 saturated heterocycles. The van der Waals surface area contributed by atoms with Crippen molar-refractivity contribution in [2.24, 2.45) is 0 Å². The molecule has 0 spiro atoms. The van der Waals surface area contributed by atoms with E-state index in [1.807, 2.05) is 0 Å². The number of rotatable bonds is 5. The van der Waals surface area contributed by atoms with E-state index in [0.717, 1.165) is 6.08 Å². The van der Waals surface area contributed by atoms with Crippen molar-refractivity contribution in [3.8, 4) is 0 Å². The summed E-state index contributed by atoms with van der Waals surface area (Å²) in [5.41, 5.74) is 1.62.